The molecule has 1 heterocycles. The summed E-state index contributed by atoms with van der Waals surface area (Å²) in [6.07, 6.45) is 4.82. The smallest absolute Gasteiger partial charge is 0.149 e. The van der Waals surface area contributed by atoms with Gasteiger partial charge < -0.3 is 0 Å². The van der Waals surface area contributed by atoms with Crippen molar-refractivity contribution in [3.05, 3.63) is 41.1 Å². The number of rotatable bonds is 4. The Morgan fingerprint density at radius 3 is 2.78 bits per heavy atom. The summed E-state index contributed by atoms with van der Waals surface area (Å²) < 4.78 is 24.8. The summed E-state index contributed by atoms with van der Waals surface area (Å²) in [5.74, 6) is 0.104. The normalized spacial score (nSPS) is 11.7. The highest BCUT2D eigenvalue weighted by molar-refractivity contribution is 9.10. The molecule has 0 bridgehead atoms. The summed E-state index contributed by atoms with van der Waals surface area (Å²) >= 11 is 3.42. The molecule has 0 aliphatic carbocycles. The van der Waals surface area contributed by atoms with Crippen LogP contribution in [0.2, 0.25) is 0 Å². The lowest BCUT2D eigenvalue weighted by Gasteiger charge is -1.99. The van der Waals surface area contributed by atoms with Gasteiger partial charge in [-0.2, -0.15) is 5.10 Å². The van der Waals surface area contributed by atoms with Gasteiger partial charge in [0.25, 0.3) is 0 Å². The van der Waals surface area contributed by atoms with Gasteiger partial charge in [-0.25, -0.2) is 8.42 Å². The Morgan fingerprint density at radius 1 is 1.33 bits per heavy atom. The minimum atomic E-state index is -2.95. The van der Waals surface area contributed by atoms with E-state index >= 15 is 0 Å². The average Bonchev–Trinajstić information content (AvgIpc) is 2.74. The number of aromatic nitrogens is 2. The van der Waals surface area contributed by atoms with Gasteiger partial charge in [0.2, 0.25) is 0 Å². The minimum absolute atomic E-state index is 0.104. The van der Waals surface area contributed by atoms with E-state index in [1.54, 1.807) is 10.9 Å². The van der Waals surface area contributed by atoms with Gasteiger partial charge >= 0.3 is 0 Å². The Balaban J connectivity index is 2.16. The summed E-state index contributed by atoms with van der Waals surface area (Å²) in [7, 11) is -2.95. The van der Waals surface area contributed by atoms with E-state index in [4.69, 9.17) is 0 Å². The predicted molar refractivity (Wildman–Crippen MR) is 75.1 cm³/mol. The maximum atomic E-state index is 11.1. The van der Waals surface area contributed by atoms with Crippen LogP contribution in [-0.4, -0.2) is 30.2 Å². The van der Waals surface area contributed by atoms with Crippen LogP contribution in [-0.2, 0) is 16.4 Å². The molecule has 0 N–H and O–H groups in total. The van der Waals surface area contributed by atoms with Crippen LogP contribution >= 0.6 is 15.9 Å². The molecule has 0 aliphatic rings. The van der Waals surface area contributed by atoms with Crippen molar-refractivity contribution in [3.63, 3.8) is 0 Å². The van der Waals surface area contributed by atoms with E-state index < -0.39 is 9.84 Å². The second kappa shape index (κ2) is 5.24. The van der Waals surface area contributed by atoms with Crippen LogP contribution < -0.4 is 0 Å². The highest BCUT2D eigenvalue weighted by atomic mass is 79.9. The van der Waals surface area contributed by atoms with E-state index in [9.17, 15) is 8.42 Å². The first-order chi connectivity index (χ1) is 8.44. The molecule has 0 saturated heterocycles. The highest BCUT2D eigenvalue weighted by Crippen LogP contribution is 2.22. The van der Waals surface area contributed by atoms with E-state index in [1.807, 2.05) is 30.5 Å². The standard InChI is InChI=1S/C12H13BrN2O2S/c1-18(16,17)6-5-15-9-11(8-14-15)10-3-2-4-12(13)7-10/h2-4,7-9H,5-6H2,1H3. The summed E-state index contributed by atoms with van der Waals surface area (Å²) in [5, 5.41) is 4.16. The molecule has 0 spiro atoms. The van der Waals surface area contributed by atoms with Crippen molar-refractivity contribution in [1.29, 1.82) is 0 Å². The maximum Gasteiger partial charge on any atom is 0.149 e. The van der Waals surface area contributed by atoms with Crippen LogP contribution in [0.5, 0.6) is 0 Å². The fourth-order valence-corrected chi connectivity index (χ4v) is 2.48. The quantitative estimate of drug-likeness (QED) is 0.865. The van der Waals surface area contributed by atoms with Gasteiger partial charge in [0.1, 0.15) is 9.84 Å². The molecule has 18 heavy (non-hydrogen) atoms. The lowest BCUT2D eigenvalue weighted by atomic mass is 10.1. The number of hydrogen-bond donors (Lipinski definition) is 0. The average molecular weight is 329 g/mol. The SMILES string of the molecule is CS(=O)(=O)CCn1cc(-c2cccc(Br)c2)cn1. The topological polar surface area (TPSA) is 52.0 Å². The van der Waals surface area contributed by atoms with E-state index in [0.29, 0.717) is 6.54 Å². The van der Waals surface area contributed by atoms with E-state index in [-0.39, 0.29) is 5.75 Å². The van der Waals surface area contributed by atoms with E-state index in [2.05, 4.69) is 21.0 Å². The molecular formula is C12H13BrN2O2S. The van der Waals surface area contributed by atoms with E-state index in [1.165, 1.54) is 6.26 Å². The summed E-state index contributed by atoms with van der Waals surface area (Å²) in [4.78, 5) is 0. The van der Waals surface area contributed by atoms with Crippen LogP contribution in [0.15, 0.2) is 41.1 Å². The third kappa shape index (κ3) is 3.68. The number of nitrogens with zero attached hydrogens (tertiary/aromatic N) is 2. The summed E-state index contributed by atoms with van der Waals surface area (Å²) in [6.45, 7) is 0.382. The van der Waals surface area contributed by atoms with Crippen molar-refractivity contribution in [1.82, 2.24) is 9.78 Å². The molecule has 0 radical (unpaired) electrons. The molecular weight excluding hydrogens is 316 g/mol. The molecule has 0 aliphatic heterocycles. The highest BCUT2D eigenvalue weighted by Gasteiger charge is 2.05. The maximum absolute atomic E-state index is 11.1. The number of benzene rings is 1. The number of sulfone groups is 1. The Labute approximate surface area is 115 Å². The largest absolute Gasteiger partial charge is 0.271 e. The number of aryl methyl sites for hydroxylation is 1. The van der Waals surface area contributed by atoms with Gasteiger partial charge in [0.05, 0.1) is 18.5 Å². The predicted octanol–water partition coefficient (Wildman–Crippen LogP) is 2.36. The van der Waals surface area contributed by atoms with Gasteiger partial charge in [-0.15, -0.1) is 0 Å². The van der Waals surface area contributed by atoms with Gasteiger partial charge in [-0.05, 0) is 17.7 Å². The van der Waals surface area contributed by atoms with Gasteiger partial charge in [-0.1, -0.05) is 28.1 Å². The Bertz CT molecular complexity index is 650. The van der Waals surface area contributed by atoms with Crippen LogP contribution in [0.1, 0.15) is 0 Å². The van der Waals surface area contributed by atoms with Gasteiger partial charge in [0.15, 0.2) is 0 Å². The number of halogens is 1. The third-order valence-corrected chi connectivity index (χ3v) is 3.90. The Kier molecular flexibility index (Phi) is 3.87. The van der Waals surface area contributed by atoms with Crippen LogP contribution in [0.25, 0.3) is 11.1 Å². The molecule has 2 rings (SSSR count). The molecule has 1 aromatic heterocycles. The summed E-state index contributed by atoms with van der Waals surface area (Å²) in [5.41, 5.74) is 2.03. The van der Waals surface area contributed by atoms with Crippen LogP contribution in [0.3, 0.4) is 0 Å². The van der Waals surface area contributed by atoms with Crippen molar-refractivity contribution < 1.29 is 8.42 Å². The zero-order valence-corrected chi connectivity index (χ0v) is 12.3. The van der Waals surface area contributed by atoms with Gasteiger partial charge in [-0.3, -0.25) is 4.68 Å². The zero-order valence-electron chi connectivity index (χ0n) is 9.88. The molecule has 0 amide bonds. The molecule has 0 atom stereocenters. The molecule has 4 nitrogen and oxygen atoms in total. The molecule has 0 saturated carbocycles. The fraction of sp³-hybridized carbons (Fsp3) is 0.250. The second-order valence-electron chi connectivity index (χ2n) is 4.13. The van der Waals surface area contributed by atoms with Crippen LogP contribution in [0.4, 0.5) is 0 Å². The lowest BCUT2D eigenvalue weighted by Crippen LogP contribution is -2.11. The van der Waals surface area contributed by atoms with Crippen molar-refractivity contribution >= 4 is 25.8 Å². The minimum Gasteiger partial charge on any atom is -0.271 e. The van der Waals surface area contributed by atoms with Crippen molar-refractivity contribution in [3.8, 4) is 11.1 Å². The third-order valence-electron chi connectivity index (χ3n) is 2.48. The number of hydrogen-bond acceptors (Lipinski definition) is 3. The Hall–Kier alpha value is -1.14. The first kappa shape index (κ1) is 13.3. The van der Waals surface area contributed by atoms with Crippen molar-refractivity contribution in [2.75, 3.05) is 12.0 Å². The molecule has 6 heteroatoms. The first-order valence-electron chi connectivity index (χ1n) is 5.40. The summed E-state index contributed by atoms with van der Waals surface area (Å²) in [6, 6.07) is 7.89. The molecule has 2 aromatic rings. The second-order valence-corrected chi connectivity index (χ2v) is 7.31. The molecule has 0 fully saturated rings. The Morgan fingerprint density at radius 2 is 2.11 bits per heavy atom. The van der Waals surface area contributed by atoms with Crippen molar-refractivity contribution in [2.45, 2.75) is 6.54 Å². The fourth-order valence-electron chi connectivity index (χ4n) is 1.56. The monoisotopic (exact) mass is 328 g/mol. The van der Waals surface area contributed by atoms with Crippen molar-refractivity contribution in [2.24, 2.45) is 0 Å². The molecule has 1 aromatic carbocycles. The first-order valence-corrected chi connectivity index (χ1v) is 8.25. The molecule has 0 unspecified atom stereocenters. The van der Waals surface area contributed by atoms with Gasteiger partial charge in [0, 0.05) is 22.5 Å². The molecule has 96 valence electrons. The zero-order chi connectivity index (χ0) is 13.2. The lowest BCUT2D eigenvalue weighted by molar-refractivity contribution is 0.586. The van der Waals surface area contributed by atoms with E-state index in [0.717, 1.165) is 15.6 Å². The van der Waals surface area contributed by atoms with Crippen LogP contribution in [0, 0.1) is 0 Å².